The number of carbonyl (C=O) groups excluding carboxylic acids is 2. The third-order valence-corrected chi connectivity index (χ3v) is 6.57. The molecule has 38 heavy (non-hydrogen) atoms. The summed E-state index contributed by atoms with van der Waals surface area (Å²) in [6.45, 7) is 4.31. The molecule has 1 atom stereocenters. The van der Waals surface area contributed by atoms with Crippen molar-refractivity contribution in [3.63, 3.8) is 0 Å². The summed E-state index contributed by atoms with van der Waals surface area (Å²) >= 11 is 0. The minimum absolute atomic E-state index is 0.155. The quantitative estimate of drug-likeness (QED) is 0.0465. The first-order valence-corrected chi connectivity index (χ1v) is 15.6. The Balaban J connectivity index is 3.63. The Labute approximate surface area is 236 Å². The third kappa shape index (κ3) is 26.8. The summed E-state index contributed by atoms with van der Waals surface area (Å²) in [6, 6.07) is 0. The van der Waals surface area contributed by atoms with Crippen LogP contribution in [0.4, 0.5) is 0 Å². The second kappa shape index (κ2) is 31.0. The average Bonchev–Trinajstić information content (AvgIpc) is 2.93. The molecule has 0 radical (unpaired) electrons. The number of ketones is 1. The van der Waals surface area contributed by atoms with Gasteiger partial charge in [-0.1, -0.05) is 125 Å². The Morgan fingerprint density at radius 1 is 0.500 bits per heavy atom. The molecule has 0 aliphatic carbocycles. The minimum atomic E-state index is -0.379. The van der Waals surface area contributed by atoms with Crippen LogP contribution in [0.15, 0.2) is 72.9 Å². The standard InChI is InChI=1S/C36H58O2/c1-3-5-7-9-11-13-15-17-19-21-23-25-27-29-31-33-36(38)35(34-37)32-30-28-26-24-22-20-18-16-14-12-10-8-6-4-2/h5-8,11-14,17-20,34-35H,3-4,9-10,15-16,21-33H2,1-2H3/b7-5?,8-6-,13-11?,14-12-,19-17?,20-18-. The van der Waals surface area contributed by atoms with E-state index in [1.807, 2.05) is 0 Å². The molecule has 2 nitrogen and oxygen atoms in total. The summed E-state index contributed by atoms with van der Waals surface area (Å²) in [6.07, 6.45) is 47.6. The van der Waals surface area contributed by atoms with Gasteiger partial charge in [0.05, 0.1) is 5.92 Å². The Morgan fingerprint density at radius 3 is 1.37 bits per heavy atom. The van der Waals surface area contributed by atoms with E-state index in [1.54, 1.807) is 0 Å². The topological polar surface area (TPSA) is 34.1 Å². The zero-order valence-electron chi connectivity index (χ0n) is 24.8. The first kappa shape index (κ1) is 35.8. The highest BCUT2D eigenvalue weighted by molar-refractivity contribution is 5.93. The minimum Gasteiger partial charge on any atom is -0.303 e. The third-order valence-electron chi connectivity index (χ3n) is 6.57. The fourth-order valence-electron chi connectivity index (χ4n) is 4.22. The molecule has 0 amide bonds. The molecule has 214 valence electrons. The van der Waals surface area contributed by atoms with E-state index >= 15 is 0 Å². The number of hydrogen-bond acceptors (Lipinski definition) is 2. The van der Waals surface area contributed by atoms with Crippen molar-refractivity contribution < 1.29 is 9.59 Å². The summed E-state index contributed by atoms with van der Waals surface area (Å²) in [5.74, 6) is -0.224. The zero-order chi connectivity index (χ0) is 27.8. The van der Waals surface area contributed by atoms with Gasteiger partial charge in [-0.2, -0.15) is 0 Å². The number of rotatable bonds is 27. The molecule has 0 N–H and O–H groups in total. The highest BCUT2D eigenvalue weighted by Gasteiger charge is 2.16. The maximum Gasteiger partial charge on any atom is 0.143 e. The SMILES string of the molecule is CCC=CCC=CCC=CCCCCCCCC(=O)C(C=O)CCCCCC/C=C\C/C=C\C/C=C\CC. The van der Waals surface area contributed by atoms with Crippen LogP contribution in [0.25, 0.3) is 0 Å². The van der Waals surface area contributed by atoms with Crippen molar-refractivity contribution in [3.8, 4) is 0 Å². The van der Waals surface area contributed by atoms with Crippen molar-refractivity contribution in [3.05, 3.63) is 72.9 Å². The monoisotopic (exact) mass is 522 g/mol. The van der Waals surface area contributed by atoms with Crippen molar-refractivity contribution in [2.75, 3.05) is 0 Å². The summed E-state index contributed by atoms with van der Waals surface area (Å²) in [5.41, 5.74) is 0. The van der Waals surface area contributed by atoms with E-state index in [0.717, 1.165) is 89.8 Å². The molecule has 2 heteroatoms. The van der Waals surface area contributed by atoms with Gasteiger partial charge >= 0.3 is 0 Å². The lowest BCUT2D eigenvalue weighted by molar-refractivity contribution is -0.127. The van der Waals surface area contributed by atoms with Gasteiger partial charge in [0.25, 0.3) is 0 Å². The Morgan fingerprint density at radius 2 is 0.895 bits per heavy atom. The molecule has 0 aliphatic heterocycles. The smallest absolute Gasteiger partial charge is 0.143 e. The molecule has 0 aliphatic rings. The summed E-state index contributed by atoms with van der Waals surface area (Å²) in [5, 5.41) is 0. The Kier molecular flexibility index (Phi) is 29.2. The summed E-state index contributed by atoms with van der Waals surface area (Å²) in [7, 11) is 0. The van der Waals surface area contributed by atoms with Crippen molar-refractivity contribution >= 4 is 12.1 Å². The summed E-state index contributed by atoms with van der Waals surface area (Å²) < 4.78 is 0. The van der Waals surface area contributed by atoms with Gasteiger partial charge in [0.1, 0.15) is 12.1 Å². The first-order valence-electron chi connectivity index (χ1n) is 15.6. The molecule has 1 unspecified atom stereocenters. The van der Waals surface area contributed by atoms with E-state index in [1.165, 1.54) is 32.1 Å². The maximum atomic E-state index is 12.4. The highest BCUT2D eigenvalue weighted by Crippen LogP contribution is 2.15. The largest absolute Gasteiger partial charge is 0.303 e. The van der Waals surface area contributed by atoms with Crippen LogP contribution in [-0.4, -0.2) is 12.1 Å². The predicted molar refractivity (Wildman–Crippen MR) is 168 cm³/mol. The van der Waals surface area contributed by atoms with Crippen molar-refractivity contribution in [2.45, 2.75) is 136 Å². The van der Waals surface area contributed by atoms with Crippen molar-refractivity contribution in [2.24, 2.45) is 5.92 Å². The van der Waals surface area contributed by atoms with E-state index in [4.69, 9.17) is 0 Å². The molecule has 0 bridgehead atoms. The van der Waals surface area contributed by atoms with E-state index in [2.05, 4.69) is 86.8 Å². The number of Topliss-reactive ketones (excluding diaryl/α,β-unsaturated/α-hetero) is 1. The number of aldehydes is 1. The maximum absolute atomic E-state index is 12.4. The molecule has 0 saturated heterocycles. The van der Waals surface area contributed by atoms with Crippen LogP contribution in [0.3, 0.4) is 0 Å². The molecule has 0 saturated carbocycles. The van der Waals surface area contributed by atoms with Gasteiger partial charge in [0, 0.05) is 6.42 Å². The molecular weight excluding hydrogens is 464 g/mol. The molecule has 0 aromatic heterocycles. The van der Waals surface area contributed by atoms with Crippen LogP contribution >= 0.6 is 0 Å². The van der Waals surface area contributed by atoms with E-state index in [9.17, 15) is 9.59 Å². The van der Waals surface area contributed by atoms with Crippen LogP contribution in [0.1, 0.15) is 136 Å². The van der Waals surface area contributed by atoms with Crippen molar-refractivity contribution in [1.82, 2.24) is 0 Å². The molecule has 0 aromatic rings. The second-order valence-corrected chi connectivity index (χ2v) is 10.1. The van der Waals surface area contributed by atoms with Crippen molar-refractivity contribution in [1.29, 1.82) is 0 Å². The predicted octanol–water partition coefficient (Wildman–Crippen LogP) is 11.2. The molecule has 0 fully saturated rings. The van der Waals surface area contributed by atoms with Crippen LogP contribution in [0.2, 0.25) is 0 Å². The van der Waals surface area contributed by atoms with Crippen LogP contribution in [0, 0.1) is 5.92 Å². The van der Waals surface area contributed by atoms with Crippen LogP contribution in [-0.2, 0) is 9.59 Å². The lowest BCUT2D eigenvalue weighted by Crippen LogP contribution is -2.15. The normalized spacial score (nSPS) is 13.4. The molecule has 0 rings (SSSR count). The highest BCUT2D eigenvalue weighted by atomic mass is 16.1. The van der Waals surface area contributed by atoms with E-state index < -0.39 is 0 Å². The molecule has 0 heterocycles. The molecule has 0 spiro atoms. The Hall–Kier alpha value is -2.22. The molecule has 0 aromatic carbocycles. The fraction of sp³-hybridized carbons (Fsp3) is 0.611. The zero-order valence-corrected chi connectivity index (χ0v) is 24.8. The van der Waals surface area contributed by atoms with Gasteiger partial charge in [-0.15, -0.1) is 0 Å². The van der Waals surface area contributed by atoms with Gasteiger partial charge in [-0.05, 0) is 77.0 Å². The lowest BCUT2D eigenvalue weighted by Gasteiger charge is -2.09. The number of carbonyl (C=O) groups is 2. The number of allylic oxidation sites excluding steroid dienone is 12. The van der Waals surface area contributed by atoms with E-state index in [-0.39, 0.29) is 11.7 Å². The Bertz CT molecular complexity index is 705. The fourth-order valence-corrected chi connectivity index (χ4v) is 4.22. The average molecular weight is 523 g/mol. The van der Waals surface area contributed by atoms with E-state index in [0.29, 0.717) is 6.42 Å². The van der Waals surface area contributed by atoms with Gasteiger partial charge in [0.2, 0.25) is 0 Å². The van der Waals surface area contributed by atoms with Crippen LogP contribution < -0.4 is 0 Å². The number of unbranched alkanes of at least 4 members (excludes halogenated alkanes) is 9. The van der Waals surface area contributed by atoms with Gasteiger partial charge in [-0.3, -0.25) is 4.79 Å². The summed E-state index contributed by atoms with van der Waals surface area (Å²) in [4.78, 5) is 23.8. The first-order chi connectivity index (χ1) is 18.8. The van der Waals surface area contributed by atoms with Gasteiger partial charge in [-0.25, -0.2) is 0 Å². The van der Waals surface area contributed by atoms with Crippen LogP contribution in [0.5, 0.6) is 0 Å². The van der Waals surface area contributed by atoms with Gasteiger partial charge in [0.15, 0.2) is 0 Å². The lowest BCUT2D eigenvalue weighted by atomic mass is 9.94. The number of hydrogen-bond donors (Lipinski definition) is 0. The second-order valence-electron chi connectivity index (χ2n) is 10.1. The van der Waals surface area contributed by atoms with Gasteiger partial charge < -0.3 is 4.79 Å². The molecular formula is C36H58O2.